The van der Waals surface area contributed by atoms with Gasteiger partial charge >= 0.3 is 5.97 Å². The van der Waals surface area contributed by atoms with E-state index in [0.29, 0.717) is 32.6 Å². The predicted octanol–water partition coefficient (Wildman–Crippen LogP) is 3.26. The number of carbonyl (C=O) groups is 1. The van der Waals surface area contributed by atoms with Crippen molar-refractivity contribution in [2.75, 3.05) is 5.73 Å². The highest BCUT2D eigenvalue weighted by Gasteiger charge is 2.14. The first kappa shape index (κ1) is 13.6. The van der Waals surface area contributed by atoms with Crippen LogP contribution in [0.15, 0.2) is 30.5 Å². The zero-order chi connectivity index (χ0) is 14.0. The first-order valence-corrected chi connectivity index (χ1v) is 6.15. The standard InChI is InChI=1S/C13H10Cl2N2O2/c14-10-3-1-2-9(12(10)15)13-7(5-11(18)19)4-8(16)6-17-13/h1-4,6H,5,16H2,(H,18,19). The third-order valence-electron chi connectivity index (χ3n) is 2.54. The highest BCUT2D eigenvalue weighted by Crippen LogP contribution is 2.34. The van der Waals surface area contributed by atoms with E-state index in [1.807, 2.05) is 0 Å². The number of hydrogen-bond donors (Lipinski definition) is 2. The fraction of sp³-hybridized carbons (Fsp3) is 0.0769. The number of aromatic nitrogens is 1. The van der Waals surface area contributed by atoms with Crippen LogP contribution in [0.1, 0.15) is 5.56 Å². The van der Waals surface area contributed by atoms with Crippen LogP contribution in [0, 0.1) is 0 Å². The van der Waals surface area contributed by atoms with Gasteiger partial charge in [0.2, 0.25) is 0 Å². The van der Waals surface area contributed by atoms with Gasteiger partial charge in [-0.15, -0.1) is 0 Å². The van der Waals surface area contributed by atoms with Crippen molar-refractivity contribution in [2.24, 2.45) is 0 Å². The fourth-order valence-electron chi connectivity index (χ4n) is 1.76. The van der Waals surface area contributed by atoms with E-state index in [4.69, 9.17) is 34.0 Å². The van der Waals surface area contributed by atoms with Crippen LogP contribution in [-0.2, 0) is 11.2 Å². The number of aliphatic carboxylic acids is 1. The molecule has 3 N–H and O–H groups in total. The van der Waals surface area contributed by atoms with Crippen molar-refractivity contribution in [1.29, 1.82) is 0 Å². The van der Waals surface area contributed by atoms with Crippen molar-refractivity contribution in [1.82, 2.24) is 4.98 Å². The van der Waals surface area contributed by atoms with E-state index in [1.54, 1.807) is 24.3 Å². The number of anilines is 1. The molecule has 1 aromatic heterocycles. The lowest BCUT2D eigenvalue weighted by molar-refractivity contribution is -0.136. The number of nitrogens with two attached hydrogens (primary N) is 1. The second kappa shape index (κ2) is 5.47. The summed E-state index contributed by atoms with van der Waals surface area (Å²) in [7, 11) is 0. The maximum absolute atomic E-state index is 10.9. The molecule has 0 radical (unpaired) electrons. The largest absolute Gasteiger partial charge is 0.481 e. The number of nitrogens with zero attached hydrogens (tertiary/aromatic N) is 1. The van der Waals surface area contributed by atoms with Gasteiger partial charge in [0, 0.05) is 5.56 Å². The third kappa shape index (κ3) is 2.97. The van der Waals surface area contributed by atoms with E-state index in [-0.39, 0.29) is 6.42 Å². The quantitative estimate of drug-likeness (QED) is 0.911. The predicted molar refractivity (Wildman–Crippen MR) is 75.4 cm³/mol. The average molecular weight is 297 g/mol. The van der Waals surface area contributed by atoms with Crippen LogP contribution >= 0.6 is 23.2 Å². The lowest BCUT2D eigenvalue weighted by atomic mass is 10.0. The number of halogens is 2. The smallest absolute Gasteiger partial charge is 0.307 e. The van der Waals surface area contributed by atoms with Gasteiger partial charge < -0.3 is 10.8 Å². The van der Waals surface area contributed by atoms with E-state index >= 15 is 0 Å². The Morgan fingerprint density at radius 3 is 2.79 bits per heavy atom. The Hall–Kier alpha value is -1.78. The zero-order valence-electron chi connectivity index (χ0n) is 9.73. The van der Waals surface area contributed by atoms with Crippen LogP contribution in [-0.4, -0.2) is 16.1 Å². The Bertz CT molecular complexity index is 645. The molecule has 0 aliphatic rings. The Balaban J connectivity index is 2.61. The highest BCUT2D eigenvalue weighted by molar-refractivity contribution is 6.43. The SMILES string of the molecule is Nc1cnc(-c2cccc(Cl)c2Cl)c(CC(=O)O)c1. The fourth-order valence-corrected chi connectivity index (χ4v) is 2.15. The van der Waals surface area contributed by atoms with Crippen LogP contribution in [0.5, 0.6) is 0 Å². The normalized spacial score (nSPS) is 10.4. The molecule has 1 aromatic carbocycles. The number of hydrogen-bond acceptors (Lipinski definition) is 3. The molecule has 2 aromatic rings. The minimum atomic E-state index is -0.966. The number of carboxylic acid groups (broad SMARTS) is 1. The summed E-state index contributed by atoms with van der Waals surface area (Å²) < 4.78 is 0. The van der Waals surface area contributed by atoms with Crippen molar-refractivity contribution in [3.63, 3.8) is 0 Å². The molecule has 1 heterocycles. The Morgan fingerprint density at radius 2 is 2.11 bits per heavy atom. The molecule has 0 atom stereocenters. The van der Waals surface area contributed by atoms with Gasteiger partial charge in [0.25, 0.3) is 0 Å². The second-order valence-corrected chi connectivity index (χ2v) is 4.73. The molecule has 4 nitrogen and oxygen atoms in total. The maximum atomic E-state index is 10.9. The number of pyridine rings is 1. The molecule has 0 aliphatic heterocycles. The first-order valence-electron chi connectivity index (χ1n) is 5.39. The van der Waals surface area contributed by atoms with Crippen LogP contribution in [0.2, 0.25) is 10.0 Å². The van der Waals surface area contributed by atoms with Gasteiger partial charge in [-0.3, -0.25) is 9.78 Å². The molecule has 0 aliphatic carbocycles. The molecule has 0 unspecified atom stereocenters. The minimum Gasteiger partial charge on any atom is -0.481 e. The minimum absolute atomic E-state index is 0.184. The molecule has 2 rings (SSSR count). The van der Waals surface area contributed by atoms with Gasteiger partial charge in [-0.1, -0.05) is 35.3 Å². The van der Waals surface area contributed by atoms with Crippen LogP contribution in [0.4, 0.5) is 5.69 Å². The molecule has 19 heavy (non-hydrogen) atoms. The van der Waals surface area contributed by atoms with Crippen LogP contribution in [0.25, 0.3) is 11.3 Å². The Labute approximate surface area is 119 Å². The summed E-state index contributed by atoms with van der Waals surface area (Å²) in [6.07, 6.45) is 1.27. The molecular weight excluding hydrogens is 287 g/mol. The van der Waals surface area contributed by atoms with E-state index in [1.165, 1.54) is 6.20 Å². The van der Waals surface area contributed by atoms with E-state index in [9.17, 15) is 4.79 Å². The molecule has 98 valence electrons. The third-order valence-corrected chi connectivity index (χ3v) is 3.36. The number of benzene rings is 1. The van der Waals surface area contributed by atoms with Gasteiger partial charge in [-0.2, -0.15) is 0 Å². The molecule has 0 spiro atoms. The summed E-state index contributed by atoms with van der Waals surface area (Å²) in [6.45, 7) is 0. The molecule has 0 saturated carbocycles. The maximum Gasteiger partial charge on any atom is 0.307 e. The van der Waals surface area contributed by atoms with Crippen LogP contribution < -0.4 is 5.73 Å². The number of rotatable bonds is 3. The average Bonchev–Trinajstić information content (AvgIpc) is 2.33. The van der Waals surface area contributed by atoms with Gasteiger partial charge in [0.15, 0.2) is 0 Å². The summed E-state index contributed by atoms with van der Waals surface area (Å²) in [4.78, 5) is 15.1. The molecule has 0 bridgehead atoms. The van der Waals surface area contributed by atoms with Gasteiger partial charge in [0.05, 0.1) is 34.0 Å². The monoisotopic (exact) mass is 296 g/mol. The van der Waals surface area contributed by atoms with Gasteiger partial charge in [0.1, 0.15) is 0 Å². The summed E-state index contributed by atoms with van der Waals surface area (Å²) in [5, 5.41) is 9.65. The van der Waals surface area contributed by atoms with E-state index in [2.05, 4.69) is 4.98 Å². The summed E-state index contributed by atoms with van der Waals surface area (Å²) in [6, 6.07) is 6.69. The number of nitrogen functional groups attached to an aromatic ring is 1. The topological polar surface area (TPSA) is 76.2 Å². The highest BCUT2D eigenvalue weighted by atomic mass is 35.5. The summed E-state index contributed by atoms with van der Waals surface area (Å²) >= 11 is 12.1. The first-order chi connectivity index (χ1) is 8.99. The zero-order valence-corrected chi connectivity index (χ0v) is 11.2. The van der Waals surface area contributed by atoms with Crippen LogP contribution in [0.3, 0.4) is 0 Å². The summed E-state index contributed by atoms with van der Waals surface area (Å²) in [5.74, 6) is -0.966. The molecule has 6 heteroatoms. The van der Waals surface area contributed by atoms with E-state index < -0.39 is 5.97 Å². The van der Waals surface area contributed by atoms with Crippen molar-refractivity contribution < 1.29 is 9.90 Å². The van der Waals surface area contributed by atoms with Crippen molar-refractivity contribution in [2.45, 2.75) is 6.42 Å². The second-order valence-electron chi connectivity index (χ2n) is 3.95. The lowest BCUT2D eigenvalue weighted by Crippen LogP contribution is -2.04. The number of carboxylic acids is 1. The molecule has 0 saturated heterocycles. The van der Waals surface area contributed by atoms with Crippen molar-refractivity contribution in [3.05, 3.63) is 46.1 Å². The Kier molecular flexibility index (Phi) is 3.93. The lowest BCUT2D eigenvalue weighted by Gasteiger charge is -2.10. The summed E-state index contributed by atoms with van der Waals surface area (Å²) in [5.41, 5.74) is 7.60. The van der Waals surface area contributed by atoms with Crippen molar-refractivity contribution >= 4 is 34.9 Å². The molecule has 0 amide bonds. The van der Waals surface area contributed by atoms with Crippen molar-refractivity contribution in [3.8, 4) is 11.3 Å². The van der Waals surface area contributed by atoms with E-state index in [0.717, 1.165) is 0 Å². The Morgan fingerprint density at radius 1 is 1.37 bits per heavy atom. The molecular formula is C13H10Cl2N2O2. The van der Waals surface area contributed by atoms with Gasteiger partial charge in [-0.25, -0.2) is 0 Å². The molecule has 0 fully saturated rings. The van der Waals surface area contributed by atoms with Gasteiger partial charge in [-0.05, 0) is 17.7 Å².